The number of hydrogen-bond acceptors (Lipinski definition) is 7. The lowest BCUT2D eigenvalue weighted by Crippen LogP contribution is -2.58. The molecule has 7 saturated carbocycles. The lowest BCUT2D eigenvalue weighted by Gasteiger charge is -2.61. The van der Waals surface area contributed by atoms with E-state index in [9.17, 15) is 14.7 Å². The van der Waals surface area contributed by atoms with Crippen molar-refractivity contribution in [3.63, 3.8) is 0 Å². The summed E-state index contributed by atoms with van der Waals surface area (Å²) in [5.41, 5.74) is 4.44. The normalized spacial score (nSPS) is 39.3. The maximum absolute atomic E-state index is 14.1. The van der Waals surface area contributed by atoms with Crippen LogP contribution >= 0.6 is 0 Å². The molecule has 0 amide bonds. The van der Waals surface area contributed by atoms with Gasteiger partial charge in [0.2, 0.25) is 8.32 Å². The number of aliphatic hydroxyl groups excluding tert-OH is 1. The second-order valence-electron chi connectivity index (χ2n) is 29.3. The summed E-state index contributed by atoms with van der Waals surface area (Å²) < 4.78 is 18.5. The van der Waals surface area contributed by atoms with Crippen LogP contribution in [0.2, 0.25) is 19.6 Å². The van der Waals surface area contributed by atoms with E-state index in [1.807, 2.05) is 50.2 Å². The smallest absolute Gasteiger partial charge is 0.306 e. The molecule has 8 heteroatoms. The van der Waals surface area contributed by atoms with Crippen molar-refractivity contribution in [3.05, 3.63) is 95.3 Å². The van der Waals surface area contributed by atoms with E-state index in [1.165, 1.54) is 69.1 Å². The first-order valence-electron chi connectivity index (χ1n) is 31.8. The molecule has 0 aliphatic heterocycles. The van der Waals surface area contributed by atoms with Crippen LogP contribution in [0.4, 0.5) is 0 Å². The average Bonchev–Trinajstić information content (AvgIpc) is 4.04. The molecule has 18 atom stereocenters. The molecule has 78 heavy (non-hydrogen) atoms. The lowest BCUT2D eigenvalue weighted by molar-refractivity contribution is -0.150. The molecular formula is C70H105NO6Si. The molecule has 0 heterocycles. The number of aliphatic imine (C=N–C) groups is 1. The fourth-order valence-electron chi connectivity index (χ4n) is 19.5. The number of benzene rings is 2. The third-order valence-electron chi connectivity index (χ3n) is 23.6. The summed E-state index contributed by atoms with van der Waals surface area (Å²) in [6.07, 6.45) is 25.1. The van der Waals surface area contributed by atoms with Gasteiger partial charge in [0.1, 0.15) is 13.2 Å². The Morgan fingerprint density at radius 1 is 0.705 bits per heavy atom. The van der Waals surface area contributed by atoms with E-state index in [1.54, 1.807) is 0 Å². The second kappa shape index (κ2) is 24.1. The van der Waals surface area contributed by atoms with Crippen LogP contribution in [-0.2, 0) is 36.7 Å². The molecule has 0 saturated heterocycles. The van der Waals surface area contributed by atoms with Gasteiger partial charge >= 0.3 is 5.97 Å². The summed E-state index contributed by atoms with van der Waals surface area (Å²) in [7, 11) is -1.68. The largest absolute Gasteiger partial charge is 0.547 e. The first-order valence-corrected chi connectivity index (χ1v) is 35.2. The zero-order valence-corrected chi connectivity index (χ0v) is 51.8. The fraction of sp³-hybridized carbons (Fsp3) is 0.729. The van der Waals surface area contributed by atoms with Gasteiger partial charge in [-0.3, -0.25) is 14.6 Å². The van der Waals surface area contributed by atoms with Crippen molar-refractivity contribution in [1.82, 2.24) is 0 Å². The third-order valence-corrected chi connectivity index (χ3v) is 24.5. The van der Waals surface area contributed by atoms with Gasteiger partial charge in [0.05, 0.1) is 11.9 Å². The number of esters is 1. The molecule has 7 nitrogen and oxygen atoms in total. The summed E-state index contributed by atoms with van der Waals surface area (Å²) in [6, 6.07) is 20.3. The van der Waals surface area contributed by atoms with Gasteiger partial charge in [0, 0.05) is 31.7 Å². The molecular weight excluding hydrogens is 979 g/mol. The maximum Gasteiger partial charge on any atom is 0.306 e. The monoisotopic (exact) mass is 1080 g/mol. The Bertz CT molecular complexity index is 2460. The molecule has 0 aromatic heterocycles. The Hall–Kier alpha value is -3.49. The van der Waals surface area contributed by atoms with Gasteiger partial charge in [0.25, 0.3) is 0 Å². The molecule has 8 aliphatic rings. The zero-order chi connectivity index (χ0) is 55.8. The van der Waals surface area contributed by atoms with E-state index in [0.29, 0.717) is 77.7 Å². The van der Waals surface area contributed by atoms with Crippen molar-refractivity contribution in [2.24, 2.45) is 104 Å². The SMILES string of the molecule is C/C=C1/C(=O)[C@@H]2[C@H](CC[C@]3(C)[C@@H]([C@H](C)CCCC(=O)OCc4ccccc4)CC[C@@H]23)[C@@]2(C)CC[C@@H](O)C[C@@H]12.CC(=NCC[C@@H](C)[C@H]1CC[C@H]2[C@@H]3C(O[Si](C)(C)C)=C[C@@H]4C[C@H](C)CC[C@]4(C)[C@H]3CC[C@]12C)OCc1ccccc1. The van der Waals surface area contributed by atoms with Gasteiger partial charge in [-0.05, 0) is 239 Å². The minimum absolute atomic E-state index is 0.107. The third kappa shape index (κ3) is 12.0. The Morgan fingerprint density at radius 3 is 1.85 bits per heavy atom. The number of fused-ring (bicyclic) bond motifs is 10. The number of allylic oxidation sites excluding steroid dienone is 4. The fourth-order valence-corrected chi connectivity index (χ4v) is 20.4. The van der Waals surface area contributed by atoms with Gasteiger partial charge in [-0.2, -0.15) is 0 Å². The number of Topliss-reactive ketones (excluding diaryl/α,β-unsaturated/α-hetero) is 1. The first kappa shape index (κ1) is 59.1. The Kier molecular flexibility index (Phi) is 18.3. The van der Waals surface area contributed by atoms with Crippen LogP contribution in [0.5, 0.6) is 0 Å². The van der Waals surface area contributed by atoms with Crippen molar-refractivity contribution in [2.45, 2.75) is 217 Å². The number of rotatable bonds is 15. The van der Waals surface area contributed by atoms with Crippen LogP contribution < -0.4 is 0 Å². The van der Waals surface area contributed by atoms with Crippen molar-refractivity contribution < 1.29 is 28.6 Å². The van der Waals surface area contributed by atoms with E-state index < -0.39 is 8.32 Å². The van der Waals surface area contributed by atoms with Crippen molar-refractivity contribution in [2.75, 3.05) is 6.54 Å². The van der Waals surface area contributed by atoms with Crippen LogP contribution in [0, 0.1) is 98.6 Å². The maximum atomic E-state index is 14.1. The Labute approximate surface area is 474 Å². The molecule has 0 spiro atoms. The van der Waals surface area contributed by atoms with Crippen LogP contribution in [0.15, 0.2) is 89.1 Å². The molecule has 10 rings (SSSR count). The molecule has 430 valence electrons. The minimum atomic E-state index is -1.68. The van der Waals surface area contributed by atoms with Gasteiger partial charge in [0.15, 0.2) is 11.7 Å². The minimum Gasteiger partial charge on any atom is -0.547 e. The van der Waals surface area contributed by atoms with Crippen molar-refractivity contribution >= 4 is 26.0 Å². The molecule has 1 N–H and O–H groups in total. The van der Waals surface area contributed by atoms with Crippen LogP contribution in [-0.4, -0.2) is 43.7 Å². The summed E-state index contributed by atoms with van der Waals surface area (Å²) in [4.78, 5) is 31.2. The highest BCUT2D eigenvalue weighted by molar-refractivity contribution is 6.70. The lowest BCUT2D eigenvalue weighted by atomic mass is 9.43. The Balaban J connectivity index is 0.000000190. The highest BCUT2D eigenvalue weighted by Gasteiger charge is 2.65. The van der Waals surface area contributed by atoms with E-state index >= 15 is 0 Å². The number of nitrogens with zero attached hydrogens (tertiary/aromatic N) is 1. The van der Waals surface area contributed by atoms with Gasteiger partial charge in [-0.1, -0.05) is 122 Å². The highest BCUT2D eigenvalue weighted by Crippen LogP contribution is 2.70. The van der Waals surface area contributed by atoms with Gasteiger partial charge in [-0.15, -0.1) is 0 Å². The number of ether oxygens (including phenoxy) is 2. The predicted molar refractivity (Wildman–Crippen MR) is 321 cm³/mol. The molecule has 2 aromatic carbocycles. The van der Waals surface area contributed by atoms with Gasteiger partial charge < -0.3 is 19.0 Å². The van der Waals surface area contributed by atoms with Crippen molar-refractivity contribution in [3.8, 4) is 0 Å². The molecule has 7 fully saturated rings. The van der Waals surface area contributed by atoms with Crippen LogP contribution in [0.1, 0.15) is 189 Å². The van der Waals surface area contributed by atoms with E-state index in [4.69, 9.17) is 18.9 Å². The predicted octanol–water partition coefficient (Wildman–Crippen LogP) is 17.2. The highest BCUT2D eigenvalue weighted by atomic mass is 28.4. The Morgan fingerprint density at radius 2 is 1.24 bits per heavy atom. The standard InChI is InChI=1S/C36H57NO2Si.C34H48O4/c1-25-16-19-35(4)29(22-25)23-33(39-40(6,7)8)34-31-15-14-30(36(31,5)20-17-32(34)35)26(2)18-21-37-27(3)38-24-28-12-10-9-11-13-28;1-5-25-29-20-24(35)16-18-34(29,4)28-17-19-33(3)26(14-15-27(33)31(28)32(25)37)22(2)10-9-13-30(36)38-21-23-11-7-6-8-12-23/h9-13,23,25-26,29-32,34H,14-22,24H2,1-8H3;5-8,11-12,22,24,26-29,31,35H,9-10,13-21H2,1-4H3/b;25-5+/t25-,26-,29+,30-,31+,32+,34+,35+,36-;22-,24-,26-,27+,28+,29+,31+,33-,34-/m11/s1. The number of aliphatic hydroxyl groups is 1. The van der Waals surface area contributed by atoms with Crippen molar-refractivity contribution in [1.29, 1.82) is 0 Å². The number of carbonyl (C=O) groups excluding carboxylic acids is 2. The quantitative estimate of drug-likeness (QED) is 0.0628. The molecule has 8 aliphatic carbocycles. The zero-order valence-electron chi connectivity index (χ0n) is 50.8. The second-order valence-corrected chi connectivity index (χ2v) is 33.7. The molecule has 2 aromatic rings. The molecule has 0 bridgehead atoms. The topological polar surface area (TPSA) is 94.4 Å². The summed E-state index contributed by atoms with van der Waals surface area (Å²) in [6.45, 7) is 30.6. The number of carbonyl (C=O) groups is 2. The number of hydrogen-bond donors (Lipinski definition) is 1. The van der Waals surface area contributed by atoms with Gasteiger partial charge in [-0.25, -0.2) is 0 Å². The van der Waals surface area contributed by atoms with E-state index in [-0.39, 0.29) is 34.7 Å². The average molecular weight is 1080 g/mol. The first-order chi connectivity index (χ1) is 37.1. The van der Waals surface area contributed by atoms with E-state index in [0.717, 1.165) is 98.6 Å². The molecule has 0 radical (unpaired) electrons. The summed E-state index contributed by atoms with van der Waals surface area (Å²) in [5, 5.41) is 10.5. The summed E-state index contributed by atoms with van der Waals surface area (Å²) >= 11 is 0. The van der Waals surface area contributed by atoms with E-state index in [2.05, 4.69) is 105 Å². The summed E-state index contributed by atoms with van der Waals surface area (Å²) in [5.74, 6) is 10.1. The van der Waals surface area contributed by atoms with Crippen LogP contribution in [0.25, 0.3) is 0 Å². The number of ketones is 1. The van der Waals surface area contributed by atoms with Crippen LogP contribution in [0.3, 0.4) is 0 Å². The molecule has 0 unspecified atom stereocenters.